The van der Waals surface area contributed by atoms with Gasteiger partial charge in [0.05, 0.1) is 5.41 Å². The fourth-order valence-electron chi connectivity index (χ4n) is 2.79. The maximum absolute atomic E-state index is 12.1. The first kappa shape index (κ1) is 16.5. The molecule has 2 N–H and O–H groups in total. The van der Waals surface area contributed by atoms with E-state index >= 15 is 0 Å². The molecule has 4 nitrogen and oxygen atoms in total. The van der Waals surface area contributed by atoms with Crippen LogP contribution in [-0.4, -0.2) is 17.0 Å². The minimum atomic E-state index is -0.768. The first-order valence-electron chi connectivity index (χ1n) is 7.99. The number of rotatable bonds is 6. The molecule has 0 spiro atoms. The normalized spacial score (nSPS) is 17.6. The van der Waals surface area contributed by atoms with E-state index in [-0.39, 0.29) is 5.91 Å². The third-order valence-electron chi connectivity index (χ3n) is 4.96. The van der Waals surface area contributed by atoms with Crippen LogP contribution in [0.25, 0.3) is 0 Å². The molecule has 1 amide bonds. The molecule has 0 saturated heterocycles. The molecule has 1 aromatic carbocycles. The van der Waals surface area contributed by atoms with Crippen LogP contribution in [0.2, 0.25) is 0 Å². The molecule has 1 saturated carbocycles. The molecule has 1 aliphatic carbocycles. The highest BCUT2D eigenvalue weighted by Crippen LogP contribution is 2.44. The molecule has 0 heterocycles. The molecule has 120 valence electrons. The number of carbonyl (C=O) groups is 2. The van der Waals surface area contributed by atoms with Crippen molar-refractivity contribution in [1.29, 1.82) is 0 Å². The van der Waals surface area contributed by atoms with Crippen molar-refractivity contribution in [2.75, 3.05) is 5.32 Å². The van der Waals surface area contributed by atoms with E-state index in [0.717, 1.165) is 12.0 Å². The molecule has 2 rings (SSSR count). The molecule has 1 aromatic rings. The maximum Gasteiger partial charge on any atom is 0.314 e. The van der Waals surface area contributed by atoms with Crippen LogP contribution in [0.3, 0.4) is 0 Å². The first-order chi connectivity index (χ1) is 10.3. The smallest absolute Gasteiger partial charge is 0.314 e. The molecule has 1 unspecified atom stereocenters. The summed E-state index contributed by atoms with van der Waals surface area (Å²) in [6, 6.07) is 7.29. The van der Waals surface area contributed by atoms with Crippen molar-refractivity contribution in [2.45, 2.75) is 51.9 Å². The van der Waals surface area contributed by atoms with Crippen molar-refractivity contribution in [3.63, 3.8) is 0 Å². The van der Waals surface area contributed by atoms with Gasteiger partial charge >= 0.3 is 5.97 Å². The highest BCUT2D eigenvalue weighted by molar-refractivity contribution is 5.91. The number of carboxylic acid groups (broad SMARTS) is 1. The molecule has 0 bridgehead atoms. The van der Waals surface area contributed by atoms with Gasteiger partial charge in [-0.05, 0) is 42.4 Å². The van der Waals surface area contributed by atoms with Crippen molar-refractivity contribution >= 4 is 17.6 Å². The lowest BCUT2D eigenvalue weighted by atomic mass is 9.64. The summed E-state index contributed by atoms with van der Waals surface area (Å²) in [5.41, 5.74) is 0.721. The second-order valence-corrected chi connectivity index (χ2v) is 6.80. The highest BCUT2D eigenvalue weighted by Gasteiger charge is 2.45. The number of carboxylic acids is 1. The number of hydrogen-bond donors (Lipinski definition) is 2. The average Bonchev–Trinajstić information content (AvgIpc) is 2.36. The molecular weight excluding hydrogens is 278 g/mol. The standard InChI is InChI=1S/C18H25NO3/c1-12(2)13(3)10-16(20)19-15-7-4-6-14(11-15)18(17(21)22)8-5-9-18/h4,6-7,11-13H,5,8-10H2,1-3H3,(H,19,20)(H,21,22). The summed E-state index contributed by atoms with van der Waals surface area (Å²) in [5, 5.41) is 12.4. The predicted molar refractivity (Wildman–Crippen MR) is 86.9 cm³/mol. The van der Waals surface area contributed by atoms with Crippen molar-refractivity contribution in [2.24, 2.45) is 11.8 Å². The van der Waals surface area contributed by atoms with Gasteiger partial charge in [-0.25, -0.2) is 0 Å². The topological polar surface area (TPSA) is 66.4 Å². The SMILES string of the molecule is CC(C)C(C)CC(=O)Nc1cccc(C2(C(=O)O)CCC2)c1. The van der Waals surface area contributed by atoms with Gasteiger partial charge < -0.3 is 10.4 Å². The van der Waals surface area contributed by atoms with Gasteiger partial charge in [0.2, 0.25) is 5.91 Å². The Kier molecular flexibility index (Phi) is 4.89. The maximum atomic E-state index is 12.1. The van der Waals surface area contributed by atoms with Gasteiger partial charge in [0, 0.05) is 12.1 Å². The van der Waals surface area contributed by atoms with E-state index in [0.29, 0.717) is 36.8 Å². The van der Waals surface area contributed by atoms with E-state index in [1.165, 1.54) is 0 Å². The van der Waals surface area contributed by atoms with E-state index in [4.69, 9.17) is 0 Å². The Morgan fingerprint density at radius 3 is 2.45 bits per heavy atom. The van der Waals surface area contributed by atoms with E-state index < -0.39 is 11.4 Å². The number of nitrogens with one attached hydrogen (secondary N) is 1. The van der Waals surface area contributed by atoms with Gasteiger partial charge in [-0.15, -0.1) is 0 Å². The molecule has 0 aromatic heterocycles. The van der Waals surface area contributed by atoms with Crippen molar-refractivity contribution < 1.29 is 14.7 Å². The molecule has 1 fully saturated rings. The second-order valence-electron chi connectivity index (χ2n) is 6.80. The Balaban J connectivity index is 2.09. The van der Waals surface area contributed by atoms with Crippen molar-refractivity contribution in [3.05, 3.63) is 29.8 Å². The summed E-state index contributed by atoms with van der Waals surface area (Å²) in [4.78, 5) is 23.6. The molecule has 4 heteroatoms. The lowest BCUT2D eigenvalue weighted by molar-refractivity contribution is -0.147. The van der Waals surface area contributed by atoms with Gasteiger partial charge in [0.15, 0.2) is 0 Å². The number of aliphatic carboxylic acids is 1. The van der Waals surface area contributed by atoms with Crippen molar-refractivity contribution in [1.82, 2.24) is 0 Å². The first-order valence-corrected chi connectivity index (χ1v) is 7.99. The molecule has 0 radical (unpaired) electrons. The summed E-state index contributed by atoms with van der Waals surface area (Å²) in [5.74, 6) is -0.00509. The monoisotopic (exact) mass is 303 g/mol. The molecule has 1 aliphatic rings. The van der Waals surface area contributed by atoms with Gasteiger partial charge in [0.25, 0.3) is 0 Å². The van der Waals surface area contributed by atoms with Crippen LogP contribution >= 0.6 is 0 Å². The predicted octanol–water partition coefficient (Wildman–Crippen LogP) is 3.81. The van der Waals surface area contributed by atoms with Gasteiger partial charge in [0.1, 0.15) is 0 Å². The van der Waals surface area contributed by atoms with Gasteiger partial charge in [-0.2, -0.15) is 0 Å². The Bertz CT molecular complexity index is 561. The summed E-state index contributed by atoms with van der Waals surface area (Å²) < 4.78 is 0. The van der Waals surface area contributed by atoms with Crippen LogP contribution in [-0.2, 0) is 15.0 Å². The van der Waals surface area contributed by atoms with Crippen LogP contribution in [0.4, 0.5) is 5.69 Å². The van der Waals surface area contributed by atoms with Crippen LogP contribution in [0.1, 0.15) is 52.0 Å². The fraction of sp³-hybridized carbons (Fsp3) is 0.556. The zero-order chi connectivity index (χ0) is 16.3. The van der Waals surface area contributed by atoms with Gasteiger partial charge in [-0.1, -0.05) is 39.3 Å². The zero-order valence-electron chi connectivity index (χ0n) is 13.6. The molecular formula is C18H25NO3. The van der Waals surface area contributed by atoms with E-state index in [9.17, 15) is 14.7 Å². The molecule has 0 aliphatic heterocycles. The Labute approximate surface area is 131 Å². The Hall–Kier alpha value is -1.84. The largest absolute Gasteiger partial charge is 0.481 e. The molecule has 1 atom stereocenters. The quantitative estimate of drug-likeness (QED) is 0.839. The summed E-state index contributed by atoms with van der Waals surface area (Å²) in [7, 11) is 0. The highest BCUT2D eigenvalue weighted by atomic mass is 16.4. The summed E-state index contributed by atoms with van der Waals surface area (Å²) in [6.45, 7) is 6.27. The van der Waals surface area contributed by atoms with Crippen LogP contribution in [0.5, 0.6) is 0 Å². The van der Waals surface area contributed by atoms with Crippen LogP contribution in [0, 0.1) is 11.8 Å². The van der Waals surface area contributed by atoms with E-state index in [1.54, 1.807) is 0 Å². The fourth-order valence-corrected chi connectivity index (χ4v) is 2.79. The lowest BCUT2D eigenvalue weighted by Crippen LogP contribution is -2.42. The number of hydrogen-bond acceptors (Lipinski definition) is 2. The third kappa shape index (κ3) is 3.32. The lowest BCUT2D eigenvalue weighted by Gasteiger charge is -2.38. The minimum Gasteiger partial charge on any atom is -0.481 e. The number of anilines is 1. The number of carbonyl (C=O) groups excluding carboxylic acids is 1. The van der Waals surface area contributed by atoms with Gasteiger partial charge in [-0.3, -0.25) is 9.59 Å². The number of amides is 1. The van der Waals surface area contributed by atoms with Crippen LogP contribution < -0.4 is 5.32 Å². The van der Waals surface area contributed by atoms with E-state index in [1.807, 2.05) is 24.3 Å². The van der Waals surface area contributed by atoms with Crippen molar-refractivity contribution in [3.8, 4) is 0 Å². The average molecular weight is 303 g/mol. The minimum absolute atomic E-state index is 0.0173. The Morgan fingerprint density at radius 2 is 1.95 bits per heavy atom. The zero-order valence-corrected chi connectivity index (χ0v) is 13.6. The summed E-state index contributed by atoms with van der Waals surface area (Å²) >= 11 is 0. The summed E-state index contributed by atoms with van der Waals surface area (Å²) in [6.07, 6.45) is 2.76. The third-order valence-corrected chi connectivity index (χ3v) is 4.96. The van der Waals surface area contributed by atoms with E-state index in [2.05, 4.69) is 26.1 Å². The van der Waals surface area contributed by atoms with Crippen LogP contribution in [0.15, 0.2) is 24.3 Å². The molecule has 22 heavy (non-hydrogen) atoms. The Morgan fingerprint density at radius 1 is 1.27 bits per heavy atom. The second kappa shape index (κ2) is 6.51. The number of benzene rings is 1.